The summed E-state index contributed by atoms with van der Waals surface area (Å²) < 4.78 is 0. The van der Waals surface area contributed by atoms with Crippen LogP contribution in [0.2, 0.25) is 0 Å². The van der Waals surface area contributed by atoms with Gasteiger partial charge in [-0.1, -0.05) is 0 Å². The summed E-state index contributed by atoms with van der Waals surface area (Å²) in [4.78, 5) is 40.0. The van der Waals surface area contributed by atoms with E-state index in [0.717, 1.165) is 23.4 Å². The average molecular weight is 380 g/mol. The molecule has 7 nitrogen and oxygen atoms in total. The summed E-state index contributed by atoms with van der Waals surface area (Å²) >= 11 is 0. The number of nitrogens with zero attached hydrogens (tertiary/aromatic N) is 2. The normalized spacial score (nSPS) is 13.4. The van der Waals surface area contributed by atoms with Crippen molar-refractivity contribution in [3.05, 3.63) is 48.0 Å². The quantitative estimate of drug-likeness (QED) is 0.799. The molecule has 28 heavy (non-hydrogen) atoms. The number of nitrogens with one attached hydrogen (secondary N) is 2. The van der Waals surface area contributed by atoms with Gasteiger partial charge in [0.05, 0.1) is 0 Å². The molecule has 1 aliphatic heterocycles. The number of aryl methyl sites for hydroxylation is 1. The Morgan fingerprint density at radius 1 is 0.964 bits per heavy atom. The molecule has 0 atom stereocenters. The van der Waals surface area contributed by atoms with Crippen molar-refractivity contribution in [2.45, 2.75) is 19.8 Å². The first-order valence-electron chi connectivity index (χ1n) is 9.16. The molecule has 0 saturated carbocycles. The van der Waals surface area contributed by atoms with Gasteiger partial charge in [0.15, 0.2) is 0 Å². The minimum atomic E-state index is -0.749. The molecule has 1 aliphatic rings. The Morgan fingerprint density at radius 2 is 1.57 bits per heavy atom. The highest BCUT2D eigenvalue weighted by Crippen LogP contribution is 2.27. The highest BCUT2D eigenvalue weighted by atomic mass is 16.2. The zero-order chi connectivity index (χ0) is 20.3. The molecule has 0 aliphatic carbocycles. The van der Waals surface area contributed by atoms with Gasteiger partial charge < -0.3 is 20.4 Å². The third kappa shape index (κ3) is 4.31. The van der Waals surface area contributed by atoms with E-state index in [4.69, 9.17) is 0 Å². The molecule has 0 unspecified atom stereocenters. The van der Waals surface area contributed by atoms with E-state index < -0.39 is 11.8 Å². The number of anilines is 4. The van der Waals surface area contributed by atoms with Gasteiger partial charge in [-0.15, -0.1) is 0 Å². The van der Waals surface area contributed by atoms with E-state index in [0.29, 0.717) is 24.3 Å². The molecule has 1 saturated heterocycles. The molecule has 2 aromatic rings. The maximum atomic E-state index is 12.2. The summed E-state index contributed by atoms with van der Waals surface area (Å²) in [5.74, 6) is -1.38. The second-order valence-corrected chi connectivity index (χ2v) is 7.00. The van der Waals surface area contributed by atoms with Gasteiger partial charge in [-0.25, -0.2) is 0 Å². The maximum absolute atomic E-state index is 12.2. The van der Waals surface area contributed by atoms with E-state index >= 15 is 0 Å². The summed E-state index contributed by atoms with van der Waals surface area (Å²) in [5.41, 5.74) is 3.76. The number of amides is 3. The van der Waals surface area contributed by atoms with Crippen molar-refractivity contribution in [2.75, 3.05) is 41.1 Å². The molecule has 0 bridgehead atoms. The van der Waals surface area contributed by atoms with Gasteiger partial charge in [-0.05, 0) is 61.4 Å². The van der Waals surface area contributed by atoms with Crippen LogP contribution in [-0.4, -0.2) is 38.4 Å². The monoisotopic (exact) mass is 380 g/mol. The van der Waals surface area contributed by atoms with E-state index in [1.165, 1.54) is 0 Å². The fraction of sp³-hybridized carbons (Fsp3) is 0.286. The number of benzene rings is 2. The van der Waals surface area contributed by atoms with Gasteiger partial charge in [0, 0.05) is 49.8 Å². The maximum Gasteiger partial charge on any atom is 0.314 e. The van der Waals surface area contributed by atoms with E-state index in [1.54, 1.807) is 35.2 Å². The molecule has 0 aromatic heterocycles. The van der Waals surface area contributed by atoms with Crippen LogP contribution in [0, 0.1) is 6.92 Å². The van der Waals surface area contributed by atoms with Gasteiger partial charge in [0.1, 0.15) is 0 Å². The van der Waals surface area contributed by atoms with Crippen molar-refractivity contribution >= 4 is 40.5 Å². The van der Waals surface area contributed by atoms with Crippen molar-refractivity contribution < 1.29 is 14.4 Å². The lowest BCUT2D eigenvalue weighted by atomic mass is 10.1. The van der Waals surface area contributed by atoms with Gasteiger partial charge in [-0.2, -0.15) is 0 Å². The van der Waals surface area contributed by atoms with Gasteiger partial charge in [0.25, 0.3) is 0 Å². The number of rotatable bonds is 4. The Labute approximate surface area is 164 Å². The van der Waals surface area contributed by atoms with E-state index in [9.17, 15) is 14.4 Å². The van der Waals surface area contributed by atoms with Crippen LogP contribution < -0.4 is 20.4 Å². The first-order valence-corrected chi connectivity index (χ1v) is 9.16. The Kier molecular flexibility index (Phi) is 5.63. The lowest BCUT2D eigenvalue weighted by molar-refractivity contribution is -0.132. The molecular formula is C21H24N4O3. The van der Waals surface area contributed by atoms with Gasteiger partial charge in [0.2, 0.25) is 5.91 Å². The highest BCUT2D eigenvalue weighted by Gasteiger charge is 2.23. The topological polar surface area (TPSA) is 81.8 Å². The molecule has 7 heteroatoms. The van der Waals surface area contributed by atoms with E-state index in [1.807, 2.05) is 38.1 Å². The first-order chi connectivity index (χ1) is 13.3. The van der Waals surface area contributed by atoms with Crippen LogP contribution in [0.25, 0.3) is 0 Å². The van der Waals surface area contributed by atoms with Crippen molar-refractivity contribution in [3.8, 4) is 0 Å². The molecule has 3 rings (SSSR count). The van der Waals surface area contributed by atoms with Crippen molar-refractivity contribution in [2.24, 2.45) is 0 Å². The average Bonchev–Trinajstić information content (AvgIpc) is 3.08. The van der Waals surface area contributed by atoms with E-state index in [2.05, 4.69) is 10.6 Å². The predicted molar refractivity (Wildman–Crippen MR) is 111 cm³/mol. The molecular weight excluding hydrogens is 356 g/mol. The van der Waals surface area contributed by atoms with Crippen molar-refractivity contribution in [1.82, 2.24) is 0 Å². The summed E-state index contributed by atoms with van der Waals surface area (Å²) in [7, 11) is 3.85. The number of carbonyl (C=O) groups is 3. The fourth-order valence-corrected chi connectivity index (χ4v) is 3.16. The molecule has 0 radical (unpaired) electrons. The standard InChI is InChI=1S/C21H24N4O3/c1-14-13-16(8-11-18(14)25-12-4-5-19(25)26)23-21(28)20(27)22-15-6-9-17(10-7-15)24(2)3/h6-11,13H,4-5,12H2,1-3H3,(H,22,27)(H,23,28). The Balaban J connectivity index is 1.63. The smallest absolute Gasteiger partial charge is 0.314 e. The summed E-state index contributed by atoms with van der Waals surface area (Å²) in [6.07, 6.45) is 1.42. The Bertz CT molecular complexity index is 906. The molecule has 3 amide bonds. The largest absolute Gasteiger partial charge is 0.378 e. The molecule has 1 heterocycles. The minimum absolute atomic E-state index is 0.111. The molecule has 0 spiro atoms. The Hall–Kier alpha value is -3.35. The second kappa shape index (κ2) is 8.12. The molecule has 2 aromatic carbocycles. The number of hydrogen-bond acceptors (Lipinski definition) is 4. The summed E-state index contributed by atoms with van der Waals surface area (Å²) in [6.45, 7) is 2.59. The summed E-state index contributed by atoms with van der Waals surface area (Å²) in [5, 5.41) is 5.18. The van der Waals surface area contributed by atoms with Crippen LogP contribution in [-0.2, 0) is 14.4 Å². The van der Waals surface area contributed by atoms with Crippen LogP contribution in [0.5, 0.6) is 0 Å². The SMILES string of the molecule is Cc1cc(NC(=O)C(=O)Nc2ccc(N(C)C)cc2)ccc1N1CCCC1=O. The van der Waals surface area contributed by atoms with Crippen LogP contribution in [0.1, 0.15) is 18.4 Å². The summed E-state index contributed by atoms with van der Waals surface area (Å²) in [6, 6.07) is 12.5. The van der Waals surface area contributed by atoms with Gasteiger partial charge in [-0.3, -0.25) is 14.4 Å². The Morgan fingerprint density at radius 3 is 2.11 bits per heavy atom. The van der Waals surface area contributed by atoms with Crippen LogP contribution in [0.3, 0.4) is 0 Å². The van der Waals surface area contributed by atoms with E-state index in [-0.39, 0.29) is 5.91 Å². The minimum Gasteiger partial charge on any atom is -0.378 e. The van der Waals surface area contributed by atoms with Crippen LogP contribution >= 0.6 is 0 Å². The molecule has 1 fully saturated rings. The van der Waals surface area contributed by atoms with Crippen LogP contribution in [0.4, 0.5) is 22.7 Å². The number of carbonyl (C=O) groups excluding carboxylic acids is 3. The molecule has 146 valence electrons. The van der Waals surface area contributed by atoms with Crippen molar-refractivity contribution in [1.29, 1.82) is 0 Å². The zero-order valence-electron chi connectivity index (χ0n) is 16.3. The highest BCUT2D eigenvalue weighted by molar-refractivity contribution is 6.43. The van der Waals surface area contributed by atoms with Crippen LogP contribution in [0.15, 0.2) is 42.5 Å². The van der Waals surface area contributed by atoms with Crippen molar-refractivity contribution in [3.63, 3.8) is 0 Å². The predicted octanol–water partition coefficient (Wildman–Crippen LogP) is 2.77. The third-order valence-corrected chi connectivity index (χ3v) is 4.67. The first kappa shape index (κ1) is 19.4. The third-order valence-electron chi connectivity index (χ3n) is 4.67. The lowest BCUT2D eigenvalue weighted by Crippen LogP contribution is -2.29. The molecule has 2 N–H and O–H groups in total. The lowest BCUT2D eigenvalue weighted by Gasteiger charge is -2.19. The van der Waals surface area contributed by atoms with Gasteiger partial charge >= 0.3 is 11.8 Å². The second-order valence-electron chi connectivity index (χ2n) is 7.00. The number of hydrogen-bond donors (Lipinski definition) is 2. The fourth-order valence-electron chi connectivity index (χ4n) is 3.16. The zero-order valence-corrected chi connectivity index (χ0v) is 16.3.